The zero-order valence-corrected chi connectivity index (χ0v) is 10.7. The Morgan fingerprint density at radius 2 is 1.89 bits per heavy atom. The van der Waals surface area contributed by atoms with Gasteiger partial charge in [-0.3, -0.25) is 0 Å². The van der Waals surface area contributed by atoms with E-state index in [9.17, 15) is 0 Å². The smallest absolute Gasteiger partial charge is 0.140 e. The molecule has 19 heavy (non-hydrogen) atoms. The summed E-state index contributed by atoms with van der Waals surface area (Å²) in [5, 5.41) is 1.87. The fourth-order valence-corrected chi connectivity index (χ4v) is 2.55. The van der Waals surface area contributed by atoms with Gasteiger partial charge in [0.1, 0.15) is 5.82 Å². The van der Waals surface area contributed by atoms with Crippen LogP contribution in [0.25, 0.3) is 33.3 Å². The SMILES string of the molecule is Clc1ccc2nc(-c3c[nH]c4ccccc34)[nH]c2c1. The van der Waals surface area contributed by atoms with Crippen LogP contribution in [-0.2, 0) is 0 Å². The zero-order chi connectivity index (χ0) is 12.8. The van der Waals surface area contributed by atoms with Crippen LogP contribution in [-0.4, -0.2) is 15.0 Å². The van der Waals surface area contributed by atoms with Gasteiger partial charge in [0.25, 0.3) is 0 Å². The maximum Gasteiger partial charge on any atom is 0.140 e. The van der Waals surface area contributed by atoms with E-state index in [2.05, 4.69) is 27.1 Å². The highest BCUT2D eigenvalue weighted by atomic mass is 35.5. The van der Waals surface area contributed by atoms with Crippen molar-refractivity contribution in [2.75, 3.05) is 0 Å². The molecule has 2 aromatic carbocycles. The molecule has 0 spiro atoms. The Balaban J connectivity index is 1.99. The average molecular weight is 268 g/mol. The average Bonchev–Trinajstić information content (AvgIpc) is 3.00. The molecule has 0 aliphatic rings. The second kappa shape index (κ2) is 3.87. The highest BCUT2D eigenvalue weighted by molar-refractivity contribution is 6.31. The molecule has 92 valence electrons. The minimum absolute atomic E-state index is 0.710. The quantitative estimate of drug-likeness (QED) is 0.529. The molecule has 0 aliphatic carbocycles. The Morgan fingerprint density at radius 1 is 1.00 bits per heavy atom. The van der Waals surface area contributed by atoms with Crippen molar-refractivity contribution in [2.45, 2.75) is 0 Å². The number of aromatic nitrogens is 3. The molecule has 2 N–H and O–H groups in total. The fraction of sp³-hybridized carbons (Fsp3) is 0. The van der Waals surface area contributed by atoms with Crippen molar-refractivity contribution < 1.29 is 0 Å². The van der Waals surface area contributed by atoms with Crippen LogP contribution in [0.3, 0.4) is 0 Å². The molecule has 3 nitrogen and oxygen atoms in total. The third-order valence-corrected chi connectivity index (χ3v) is 3.52. The van der Waals surface area contributed by atoms with Crippen molar-refractivity contribution in [3.05, 3.63) is 53.7 Å². The van der Waals surface area contributed by atoms with Crippen molar-refractivity contribution in [3.8, 4) is 11.4 Å². The van der Waals surface area contributed by atoms with E-state index >= 15 is 0 Å². The molecule has 0 saturated heterocycles. The Labute approximate surface area is 114 Å². The molecule has 0 aliphatic heterocycles. The monoisotopic (exact) mass is 267 g/mol. The predicted molar refractivity (Wildman–Crippen MR) is 78.4 cm³/mol. The normalized spacial score (nSPS) is 11.4. The van der Waals surface area contributed by atoms with Crippen molar-refractivity contribution in [1.82, 2.24) is 15.0 Å². The van der Waals surface area contributed by atoms with Gasteiger partial charge < -0.3 is 9.97 Å². The number of fused-ring (bicyclic) bond motifs is 2. The van der Waals surface area contributed by atoms with E-state index < -0.39 is 0 Å². The van der Waals surface area contributed by atoms with Gasteiger partial charge in [0.05, 0.1) is 11.0 Å². The number of nitrogens with one attached hydrogen (secondary N) is 2. The number of rotatable bonds is 1. The van der Waals surface area contributed by atoms with Gasteiger partial charge in [-0.05, 0) is 24.3 Å². The topological polar surface area (TPSA) is 44.5 Å². The van der Waals surface area contributed by atoms with E-state index in [1.54, 1.807) is 0 Å². The summed E-state index contributed by atoms with van der Waals surface area (Å²) in [5.41, 5.74) is 4.05. The Morgan fingerprint density at radius 3 is 2.84 bits per heavy atom. The van der Waals surface area contributed by atoms with E-state index in [1.165, 1.54) is 0 Å². The number of hydrogen-bond donors (Lipinski definition) is 2. The summed E-state index contributed by atoms with van der Waals surface area (Å²) in [7, 11) is 0. The Kier molecular flexibility index (Phi) is 2.17. The van der Waals surface area contributed by atoms with Gasteiger partial charge in [0.2, 0.25) is 0 Å². The lowest BCUT2D eigenvalue weighted by molar-refractivity contribution is 1.34. The lowest BCUT2D eigenvalue weighted by Crippen LogP contribution is -1.77. The van der Waals surface area contributed by atoms with Crippen LogP contribution < -0.4 is 0 Å². The van der Waals surface area contributed by atoms with Gasteiger partial charge >= 0.3 is 0 Å². The Bertz CT molecular complexity index is 889. The van der Waals surface area contributed by atoms with Crippen LogP contribution in [0, 0.1) is 0 Å². The fourth-order valence-electron chi connectivity index (χ4n) is 2.38. The number of aromatic amines is 2. The number of H-pyrrole nitrogens is 2. The summed E-state index contributed by atoms with van der Waals surface area (Å²) >= 11 is 5.99. The summed E-state index contributed by atoms with van der Waals surface area (Å²) in [6.45, 7) is 0. The molecule has 0 saturated carbocycles. The predicted octanol–water partition coefficient (Wildman–Crippen LogP) is 4.36. The summed E-state index contributed by atoms with van der Waals surface area (Å²) in [5.74, 6) is 0.856. The molecule has 0 radical (unpaired) electrons. The number of para-hydroxylation sites is 1. The standard InChI is InChI=1S/C15H10ClN3/c16-9-5-6-13-14(7-9)19-15(18-13)11-8-17-12-4-2-1-3-10(11)12/h1-8,17H,(H,18,19). The van der Waals surface area contributed by atoms with E-state index in [0.29, 0.717) is 5.02 Å². The molecule has 4 rings (SSSR count). The number of halogens is 1. The molecular weight excluding hydrogens is 258 g/mol. The largest absolute Gasteiger partial charge is 0.360 e. The molecule has 0 unspecified atom stereocenters. The first-order chi connectivity index (χ1) is 9.31. The lowest BCUT2D eigenvalue weighted by atomic mass is 10.2. The molecule has 2 aromatic heterocycles. The third-order valence-electron chi connectivity index (χ3n) is 3.29. The highest BCUT2D eigenvalue weighted by Gasteiger charge is 2.10. The van der Waals surface area contributed by atoms with E-state index in [4.69, 9.17) is 11.6 Å². The molecule has 0 amide bonds. The molecule has 2 heterocycles. The molecule has 0 fully saturated rings. The minimum atomic E-state index is 0.710. The van der Waals surface area contributed by atoms with Crippen LogP contribution in [0.15, 0.2) is 48.7 Å². The minimum Gasteiger partial charge on any atom is -0.360 e. The molecular formula is C15H10ClN3. The third kappa shape index (κ3) is 1.63. The van der Waals surface area contributed by atoms with Crippen LogP contribution in [0.1, 0.15) is 0 Å². The van der Waals surface area contributed by atoms with Crippen LogP contribution in [0.4, 0.5) is 0 Å². The highest BCUT2D eigenvalue weighted by Crippen LogP contribution is 2.28. The molecule has 0 atom stereocenters. The van der Waals surface area contributed by atoms with Crippen molar-refractivity contribution >= 4 is 33.5 Å². The summed E-state index contributed by atoms with van der Waals surface area (Å²) in [6, 6.07) is 13.8. The first-order valence-corrected chi connectivity index (χ1v) is 6.41. The second-order valence-electron chi connectivity index (χ2n) is 4.49. The molecule has 4 aromatic rings. The van der Waals surface area contributed by atoms with Crippen LogP contribution in [0.5, 0.6) is 0 Å². The first-order valence-electron chi connectivity index (χ1n) is 6.03. The van der Waals surface area contributed by atoms with E-state index in [1.807, 2.05) is 36.5 Å². The van der Waals surface area contributed by atoms with Gasteiger partial charge in [0.15, 0.2) is 0 Å². The van der Waals surface area contributed by atoms with Gasteiger partial charge in [-0.1, -0.05) is 29.8 Å². The molecule has 0 bridgehead atoms. The zero-order valence-electron chi connectivity index (χ0n) is 9.94. The summed E-state index contributed by atoms with van der Waals surface area (Å²) in [4.78, 5) is 11.2. The van der Waals surface area contributed by atoms with Crippen LogP contribution >= 0.6 is 11.6 Å². The summed E-state index contributed by atoms with van der Waals surface area (Å²) in [6.07, 6.45) is 1.98. The summed E-state index contributed by atoms with van der Waals surface area (Å²) < 4.78 is 0. The van der Waals surface area contributed by atoms with Crippen molar-refractivity contribution in [1.29, 1.82) is 0 Å². The Hall–Kier alpha value is -2.26. The van der Waals surface area contributed by atoms with E-state index in [0.717, 1.165) is 33.3 Å². The number of imidazole rings is 1. The van der Waals surface area contributed by atoms with Crippen LogP contribution in [0.2, 0.25) is 5.02 Å². The first kappa shape index (κ1) is 10.6. The second-order valence-corrected chi connectivity index (χ2v) is 4.93. The van der Waals surface area contributed by atoms with E-state index in [-0.39, 0.29) is 0 Å². The van der Waals surface area contributed by atoms with Gasteiger partial charge in [-0.15, -0.1) is 0 Å². The maximum absolute atomic E-state index is 5.99. The maximum atomic E-state index is 5.99. The van der Waals surface area contributed by atoms with Crippen molar-refractivity contribution in [2.24, 2.45) is 0 Å². The number of benzene rings is 2. The van der Waals surface area contributed by atoms with Gasteiger partial charge in [-0.2, -0.15) is 0 Å². The lowest BCUT2D eigenvalue weighted by Gasteiger charge is -1.93. The number of hydrogen-bond acceptors (Lipinski definition) is 1. The van der Waals surface area contributed by atoms with Crippen molar-refractivity contribution in [3.63, 3.8) is 0 Å². The van der Waals surface area contributed by atoms with Gasteiger partial charge in [0, 0.05) is 27.7 Å². The molecule has 4 heteroatoms. The number of nitrogens with zero attached hydrogens (tertiary/aromatic N) is 1. The van der Waals surface area contributed by atoms with Gasteiger partial charge in [-0.25, -0.2) is 4.98 Å².